The summed E-state index contributed by atoms with van der Waals surface area (Å²) in [5.74, 6) is 0.600. The van der Waals surface area contributed by atoms with Crippen LogP contribution in [0, 0.1) is 5.92 Å². The number of rotatable bonds is 3. The predicted octanol–water partition coefficient (Wildman–Crippen LogP) is 0.859. The molecule has 3 aliphatic rings. The second-order valence-electron chi connectivity index (χ2n) is 6.82. The van der Waals surface area contributed by atoms with Gasteiger partial charge in [0.2, 0.25) is 5.91 Å². The van der Waals surface area contributed by atoms with Gasteiger partial charge in [0.25, 0.3) is 0 Å². The van der Waals surface area contributed by atoms with Gasteiger partial charge in [-0.3, -0.25) is 9.69 Å². The van der Waals surface area contributed by atoms with Gasteiger partial charge in [-0.25, -0.2) is 0 Å². The molecule has 2 atom stereocenters. The smallest absolute Gasteiger partial charge is 0.225 e. The summed E-state index contributed by atoms with van der Waals surface area (Å²) in [5.41, 5.74) is 0. The third-order valence-electron chi connectivity index (χ3n) is 5.36. The SMILES string of the molecule is CN(C1CCOCC1)[C@H]1CCN(C(=O)C2CC2)CC[C@@H]1O. The van der Waals surface area contributed by atoms with Gasteiger partial charge in [-0.05, 0) is 45.6 Å². The highest BCUT2D eigenvalue weighted by Crippen LogP contribution is 2.32. The Labute approximate surface area is 127 Å². The van der Waals surface area contributed by atoms with Crippen molar-refractivity contribution in [2.24, 2.45) is 5.92 Å². The summed E-state index contributed by atoms with van der Waals surface area (Å²) < 4.78 is 5.43. The van der Waals surface area contributed by atoms with Crippen molar-refractivity contribution >= 4 is 5.91 Å². The van der Waals surface area contributed by atoms with Crippen molar-refractivity contribution in [1.82, 2.24) is 9.80 Å². The Kier molecular flexibility index (Phi) is 4.82. The largest absolute Gasteiger partial charge is 0.391 e. The maximum atomic E-state index is 12.2. The Hall–Kier alpha value is -0.650. The van der Waals surface area contributed by atoms with Crippen LogP contribution in [0.1, 0.15) is 38.5 Å². The lowest BCUT2D eigenvalue weighted by Gasteiger charge is -2.38. The first kappa shape index (κ1) is 15.3. The molecule has 1 N–H and O–H groups in total. The maximum Gasteiger partial charge on any atom is 0.225 e. The number of hydrogen-bond donors (Lipinski definition) is 1. The fraction of sp³-hybridized carbons (Fsp3) is 0.938. The van der Waals surface area contributed by atoms with E-state index in [-0.39, 0.29) is 18.1 Å². The molecule has 2 heterocycles. The van der Waals surface area contributed by atoms with E-state index in [9.17, 15) is 9.90 Å². The van der Waals surface area contributed by atoms with Crippen molar-refractivity contribution in [2.75, 3.05) is 33.4 Å². The van der Waals surface area contributed by atoms with Crippen molar-refractivity contribution in [1.29, 1.82) is 0 Å². The quantitative estimate of drug-likeness (QED) is 0.839. The Morgan fingerprint density at radius 3 is 2.43 bits per heavy atom. The van der Waals surface area contributed by atoms with Gasteiger partial charge in [0, 0.05) is 44.3 Å². The van der Waals surface area contributed by atoms with Gasteiger partial charge in [0.1, 0.15) is 0 Å². The highest BCUT2D eigenvalue weighted by atomic mass is 16.5. The first-order chi connectivity index (χ1) is 10.2. The monoisotopic (exact) mass is 296 g/mol. The fourth-order valence-corrected chi connectivity index (χ4v) is 3.72. The molecule has 0 radical (unpaired) electrons. The highest BCUT2D eigenvalue weighted by Gasteiger charge is 2.37. The number of hydrogen-bond acceptors (Lipinski definition) is 4. The number of amides is 1. The van der Waals surface area contributed by atoms with Crippen LogP contribution in [0.4, 0.5) is 0 Å². The van der Waals surface area contributed by atoms with Crippen molar-refractivity contribution < 1.29 is 14.6 Å². The van der Waals surface area contributed by atoms with E-state index in [0.717, 1.165) is 51.9 Å². The molecule has 0 aromatic heterocycles. The fourth-order valence-electron chi connectivity index (χ4n) is 3.72. The summed E-state index contributed by atoms with van der Waals surface area (Å²) in [6.45, 7) is 3.16. The number of aliphatic hydroxyl groups excluding tert-OH is 1. The average molecular weight is 296 g/mol. The maximum absolute atomic E-state index is 12.2. The van der Waals surface area contributed by atoms with E-state index in [1.807, 2.05) is 4.90 Å². The summed E-state index contributed by atoms with van der Waals surface area (Å²) in [5, 5.41) is 10.5. The lowest BCUT2D eigenvalue weighted by molar-refractivity contribution is -0.132. The van der Waals surface area contributed by atoms with Gasteiger partial charge in [-0.2, -0.15) is 0 Å². The molecule has 0 aromatic rings. The molecule has 5 nitrogen and oxygen atoms in total. The van der Waals surface area contributed by atoms with Crippen LogP contribution in [0.3, 0.4) is 0 Å². The molecule has 0 bridgehead atoms. The second-order valence-corrected chi connectivity index (χ2v) is 6.82. The summed E-state index contributed by atoms with van der Waals surface area (Å²) in [7, 11) is 2.13. The zero-order chi connectivity index (χ0) is 14.8. The first-order valence-corrected chi connectivity index (χ1v) is 8.43. The van der Waals surface area contributed by atoms with Gasteiger partial charge in [0.15, 0.2) is 0 Å². The Bertz CT molecular complexity index is 367. The molecule has 1 saturated carbocycles. The topological polar surface area (TPSA) is 53.0 Å². The Balaban J connectivity index is 1.58. The minimum Gasteiger partial charge on any atom is -0.391 e. The van der Waals surface area contributed by atoms with Crippen LogP contribution < -0.4 is 0 Å². The van der Waals surface area contributed by atoms with Crippen LogP contribution in [0.5, 0.6) is 0 Å². The van der Waals surface area contributed by atoms with Gasteiger partial charge in [-0.15, -0.1) is 0 Å². The highest BCUT2D eigenvalue weighted by molar-refractivity contribution is 5.81. The zero-order valence-corrected chi connectivity index (χ0v) is 13.0. The van der Waals surface area contributed by atoms with Crippen molar-refractivity contribution in [3.05, 3.63) is 0 Å². The minimum absolute atomic E-state index is 0.171. The van der Waals surface area contributed by atoms with E-state index in [1.54, 1.807) is 0 Å². The summed E-state index contributed by atoms with van der Waals surface area (Å²) in [6.07, 6.45) is 5.47. The standard InChI is InChI=1S/C16H28N2O3/c1-17(13-6-10-21-11-7-13)14-4-8-18(9-5-15(14)19)16(20)12-2-3-12/h12-15,19H,2-11H2,1H3/t14-,15-/m0/s1. The number of carbonyl (C=O) groups excluding carboxylic acids is 1. The van der Waals surface area contributed by atoms with Crippen molar-refractivity contribution in [3.63, 3.8) is 0 Å². The molecule has 3 rings (SSSR count). The van der Waals surface area contributed by atoms with E-state index in [0.29, 0.717) is 24.9 Å². The molecular formula is C16H28N2O3. The van der Waals surface area contributed by atoms with Crippen LogP contribution in [0.25, 0.3) is 0 Å². The molecule has 3 fully saturated rings. The molecule has 0 aromatic carbocycles. The second kappa shape index (κ2) is 6.63. The normalized spacial score (nSPS) is 32.2. The van der Waals surface area contributed by atoms with Gasteiger partial charge in [0.05, 0.1) is 6.10 Å². The van der Waals surface area contributed by atoms with E-state index in [1.165, 1.54) is 0 Å². The molecule has 1 amide bonds. The number of ether oxygens (including phenoxy) is 1. The summed E-state index contributed by atoms with van der Waals surface area (Å²) >= 11 is 0. The van der Waals surface area contributed by atoms with Gasteiger partial charge < -0.3 is 14.7 Å². The van der Waals surface area contributed by atoms with Gasteiger partial charge in [-0.1, -0.05) is 0 Å². The number of nitrogens with zero attached hydrogens (tertiary/aromatic N) is 2. The van der Waals surface area contributed by atoms with Crippen LogP contribution >= 0.6 is 0 Å². The zero-order valence-electron chi connectivity index (χ0n) is 13.0. The third kappa shape index (κ3) is 3.58. The van der Waals surface area contributed by atoms with Crippen LogP contribution in [-0.4, -0.2) is 72.4 Å². The molecule has 0 spiro atoms. The number of likely N-dealkylation sites (tertiary alicyclic amines) is 1. The minimum atomic E-state index is -0.324. The van der Waals surface area contributed by atoms with Crippen molar-refractivity contribution in [2.45, 2.75) is 56.7 Å². The van der Waals surface area contributed by atoms with Crippen molar-refractivity contribution in [3.8, 4) is 0 Å². The van der Waals surface area contributed by atoms with E-state index in [4.69, 9.17) is 4.74 Å². The average Bonchev–Trinajstić information content (AvgIpc) is 3.35. The lowest BCUT2D eigenvalue weighted by Crippen LogP contribution is -2.48. The van der Waals surface area contributed by atoms with Crippen LogP contribution in [-0.2, 0) is 9.53 Å². The predicted molar refractivity (Wildman–Crippen MR) is 79.9 cm³/mol. The molecule has 2 aliphatic heterocycles. The number of carbonyl (C=O) groups is 1. The van der Waals surface area contributed by atoms with Crippen LogP contribution in [0.2, 0.25) is 0 Å². The first-order valence-electron chi connectivity index (χ1n) is 8.43. The van der Waals surface area contributed by atoms with E-state index in [2.05, 4.69) is 11.9 Å². The molecule has 0 unspecified atom stereocenters. The third-order valence-corrected chi connectivity index (χ3v) is 5.36. The van der Waals surface area contributed by atoms with E-state index < -0.39 is 0 Å². The molecule has 2 saturated heterocycles. The molecule has 120 valence electrons. The molecule has 21 heavy (non-hydrogen) atoms. The van der Waals surface area contributed by atoms with Gasteiger partial charge >= 0.3 is 0 Å². The summed E-state index contributed by atoms with van der Waals surface area (Å²) in [6, 6.07) is 0.675. The summed E-state index contributed by atoms with van der Waals surface area (Å²) in [4.78, 5) is 16.5. The number of aliphatic hydroxyl groups is 1. The van der Waals surface area contributed by atoms with E-state index >= 15 is 0 Å². The number of likely N-dealkylation sites (N-methyl/N-ethyl adjacent to an activating group) is 1. The molecule has 5 heteroatoms. The molecular weight excluding hydrogens is 268 g/mol. The molecule has 1 aliphatic carbocycles. The Morgan fingerprint density at radius 2 is 1.76 bits per heavy atom. The lowest BCUT2D eigenvalue weighted by atomic mass is 9.99. The van der Waals surface area contributed by atoms with Crippen LogP contribution in [0.15, 0.2) is 0 Å². The Morgan fingerprint density at radius 1 is 1.10 bits per heavy atom.